The average Bonchev–Trinajstić information content (AvgIpc) is 2.80. The van der Waals surface area contributed by atoms with Crippen LogP contribution < -0.4 is 4.90 Å². The Kier molecular flexibility index (Phi) is 2.86. The molecule has 104 valence electrons. The number of hydrogen-bond donors (Lipinski definition) is 0. The molecule has 1 unspecified atom stereocenters. The normalized spacial score (nSPS) is 20.0. The standard InChI is InChI=1S/C17H14N2OS/c1-11-6-2-4-8-13(11)19-16(20)10-15-17(19)18-12-7-3-5-9-14(12)21-15/h2-9,15H,10H2,1H3. The molecular formula is C17H14N2OS. The Hall–Kier alpha value is -2.07. The first-order chi connectivity index (χ1) is 10.2. The molecule has 0 spiro atoms. The lowest BCUT2D eigenvalue weighted by atomic mass is 10.2. The van der Waals surface area contributed by atoms with Gasteiger partial charge in [0.15, 0.2) is 0 Å². The maximum Gasteiger partial charge on any atom is 0.234 e. The largest absolute Gasteiger partial charge is 0.274 e. The first kappa shape index (κ1) is 12.7. The van der Waals surface area contributed by atoms with Crippen LogP contribution in [0.1, 0.15) is 12.0 Å². The lowest BCUT2D eigenvalue weighted by Gasteiger charge is -2.24. The second-order valence-corrected chi connectivity index (χ2v) is 6.51. The molecule has 0 aromatic heterocycles. The number of nitrogens with zero attached hydrogens (tertiary/aromatic N) is 2. The minimum Gasteiger partial charge on any atom is -0.274 e. The van der Waals surface area contributed by atoms with Gasteiger partial charge in [-0.25, -0.2) is 4.99 Å². The molecule has 1 atom stereocenters. The van der Waals surface area contributed by atoms with E-state index in [9.17, 15) is 4.79 Å². The molecule has 0 bridgehead atoms. The van der Waals surface area contributed by atoms with E-state index < -0.39 is 0 Å². The molecular weight excluding hydrogens is 280 g/mol. The number of para-hydroxylation sites is 2. The Balaban J connectivity index is 1.84. The lowest BCUT2D eigenvalue weighted by molar-refractivity contribution is -0.116. The molecule has 0 radical (unpaired) electrons. The number of aliphatic imine (C=N–C) groups is 1. The van der Waals surface area contributed by atoms with Gasteiger partial charge in [-0.05, 0) is 30.7 Å². The number of rotatable bonds is 1. The molecule has 3 nitrogen and oxygen atoms in total. The van der Waals surface area contributed by atoms with Crippen molar-refractivity contribution in [1.29, 1.82) is 0 Å². The number of amidine groups is 1. The summed E-state index contributed by atoms with van der Waals surface area (Å²) in [5, 5.41) is 0.131. The second kappa shape index (κ2) is 4.74. The van der Waals surface area contributed by atoms with E-state index in [1.807, 2.05) is 49.4 Å². The fourth-order valence-corrected chi connectivity index (χ4v) is 4.01. The number of amides is 1. The monoisotopic (exact) mass is 294 g/mol. The highest BCUT2D eigenvalue weighted by molar-refractivity contribution is 8.01. The Bertz CT molecular complexity index is 769. The van der Waals surface area contributed by atoms with Crippen LogP contribution in [0.2, 0.25) is 0 Å². The van der Waals surface area contributed by atoms with Crippen molar-refractivity contribution in [2.24, 2.45) is 4.99 Å². The molecule has 2 aromatic carbocycles. The van der Waals surface area contributed by atoms with Gasteiger partial charge in [0.25, 0.3) is 0 Å². The summed E-state index contributed by atoms with van der Waals surface area (Å²) in [5.74, 6) is 1.01. The minimum absolute atomic E-state index is 0.131. The van der Waals surface area contributed by atoms with Gasteiger partial charge in [-0.15, -0.1) is 11.8 Å². The molecule has 4 heteroatoms. The third-order valence-corrected chi connectivity index (χ3v) is 5.11. The van der Waals surface area contributed by atoms with E-state index >= 15 is 0 Å². The predicted molar refractivity (Wildman–Crippen MR) is 86.5 cm³/mol. The van der Waals surface area contributed by atoms with Gasteiger partial charge in [0.05, 0.1) is 16.6 Å². The van der Waals surface area contributed by atoms with Crippen molar-refractivity contribution in [2.45, 2.75) is 23.5 Å². The van der Waals surface area contributed by atoms with Crippen LogP contribution in [0.15, 0.2) is 58.4 Å². The highest BCUT2D eigenvalue weighted by Gasteiger charge is 2.40. The van der Waals surface area contributed by atoms with Crippen LogP contribution in [0.25, 0.3) is 0 Å². The van der Waals surface area contributed by atoms with Gasteiger partial charge in [-0.3, -0.25) is 9.69 Å². The van der Waals surface area contributed by atoms with Crippen molar-refractivity contribution >= 4 is 34.9 Å². The number of hydrogen-bond acceptors (Lipinski definition) is 3. The molecule has 0 N–H and O–H groups in total. The summed E-state index contributed by atoms with van der Waals surface area (Å²) in [5.41, 5.74) is 3.00. The van der Waals surface area contributed by atoms with Crippen molar-refractivity contribution in [3.63, 3.8) is 0 Å². The summed E-state index contributed by atoms with van der Waals surface area (Å²) in [6.45, 7) is 2.03. The quantitative estimate of drug-likeness (QED) is 0.798. The van der Waals surface area contributed by atoms with Crippen LogP contribution in [0.5, 0.6) is 0 Å². The van der Waals surface area contributed by atoms with Crippen LogP contribution in [-0.2, 0) is 4.79 Å². The third-order valence-electron chi connectivity index (χ3n) is 3.85. The number of carbonyl (C=O) groups is 1. The Morgan fingerprint density at radius 3 is 2.76 bits per heavy atom. The van der Waals surface area contributed by atoms with E-state index in [0.29, 0.717) is 6.42 Å². The van der Waals surface area contributed by atoms with Gasteiger partial charge in [-0.1, -0.05) is 30.3 Å². The Morgan fingerprint density at radius 2 is 1.90 bits per heavy atom. The summed E-state index contributed by atoms with van der Waals surface area (Å²) >= 11 is 1.74. The van der Waals surface area contributed by atoms with Crippen LogP contribution in [0.3, 0.4) is 0 Å². The predicted octanol–water partition coefficient (Wildman–Crippen LogP) is 3.94. The minimum atomic E-state index is 0.131. The lowest BCUT2D eigenvalue weighted by Crippen LogP contribution is -2.32. The number of thioether (sulfide) groups is 1. The van der Waals surface area contributed by atoms with Gasteiger partial charge < -0.3 is 0 Å². The van der Waals surface area contributed by atoms with Crippen LogP contribution in [0.4, 0.5) is 11.4 Å². The first-order valence-electron chi connectivity index (χ1n) is 6.97. The third kappa shape index (κ3) is 1.98. The molecule has 4 rings (SSSR count). The highest BCUT2D eigenvalue weighted by atomic mass is 32.2. The number of anilines is 1. The molecule has 0 saturated carbocycles. The number of carbonyl (C=O) groups excluding carboxylic acids is 1. The van der Waals surface area contributed by atoms with Gasteiger partial charge >= 0.3 is 0 Å². The molecule has 1 amide bonds. The summed E-state index contributed by atoms with van der Waals surface area (Å²) in [4.78, 5) is 20.2. The Morgan fingerprint density at radius 1 is 1.14 bits per heavy atom. The highest BCUT2D eigenvalue weighted by Crippen LogP contribution is 2.43. The molecule has 1 fully saturated rings. The zero-order valence-corrected chi connectivity index (χ0v) is 12.4. The van der Waals surface area contributed by atoms with Crippen molar-refractivity contribution in [3.05, 3.63) is 54.1 Å². The molecule has 2 aliphatic rings. The Labute approximate surface area is 127 Å². The molecule has 2 aromatic rings. The zero-order chi connectivity index (χ0) is 14.4. The van der Waals surface area contributed by atoms with Gasteiger partial charge in [0.1, 0.15) is 5.84 Å². The SMILES string of the molecule is Cc1ccccc1N1C(=O)CC2Sc3ccccc3N=C21. The van der Waals surface area contributed by atoms with Crippen molar-refractivity contribution in [2.75, 3.05) is 4.90 Å². The van der Waals surface area contributed by atoms with E-state index in [2.05, 4.69) is 6.07 Å². The van der Waals surface area contributed by atoms with Gasteiger partial charge in [0.2, 0.25) is 5.91 Å². The summed E-state index contributed by atoms with van der Waals surface area (Å²) in [6.07, 6.45) is 0.520. The summed E-state index contributed by atoms with van der Waals surface area (Å²) < 4.78 is 0. The van der Waals surface area contributed by atoms with Crippen molar-refractivity contribution in [3.8, 4) is 0 Å². The average molecular weight is 294 g/mol. The smallest absolute Gasteiger partial charge is 0.234 e. The van der Waals surface area contributed by atoms with E-state index in [-0.39, 0.29) is 11.2 Å². The van der Waals surface area contributed by atoms with Crippen LogP contribution >= 0.6 is 11.8 Å². The first-order valence-corrected chi connectivity index (χ1v) is 7.85. The summed E-state index contributed by atoms with van der Waals surface area (Å²) in [6, 6.07) is 16.0. The molecule has 2 aliphatic heterocycles. The maximum atomic E-state index is 12.5. The number of benzene rings is 2. The van der Waals surface area contributed by atoms with Gasteiger partial charge in [-0.2, -0.15) is 0 Å². The van der Waals surface area contributed by atoms with Gasteiger partial charge in [0, 0.05) is 11.3 Å². The van der Waals surface area contributed by atoms with Crippen LogP contribution in [-0.4, -0.2) is 17.0 Å². The second-order valence-electron chi connectivity index (χ2n) is 5.26. The molecule has 1 saturated heterocycles. The van der Waals surface area contributed by atoms with Crippen molar-refractivity contribution in [1.82, 2.24) is 0 Å². The van der Waals surface area contributed by atoms with E-state index in [1.165, 1.54) is 0 Å². The summed E-state index contributed by atoms with van der Waals surface area (Å²) in [7, 11) is 0. The van der Waals surface area contributed by atoms with E-state index in [1.54, 1.807) is 16.7 Å². The zero-order valence-electron chi connectivity index (χ0n) is 11.6. The maximum absolute atomic E-state index is 12.5. The molecule has 21 heavy (non-hydrogen) atoms. The fraction of sp³-hybridized carbons (Fsp3) is 0.176. The number of aryl methyl sites for hydroxylation is 1. The fourth-order valence-electron chi connectivity index (χ4n) is 2.83. The van der Waals surface area contributed by atoms with E-state index in [4.69, 9.17) is 4.99 Å². The number of fused-ring (bicyclic) bond motifs is 2. The topological polar surface area (TPSA) is 32.7 Å². The van der Waals surface area contributed by atoms with Crippen LogP contribution in [0, 0.1) is 6.92 Å². The molecule has 0 aliphatic carbocycles. The van der Waals surface area contributed by atoms with Crippen molar-refractivity contribution < 1.29 is 4.79 Å². The van der Waals surface area contributed by atoms with E-state index in [0.717, 1.165) is 27.7 Å². The molecule has 2 heterocycles.